The number of carbonyl (C=O) groups is 1. The predicted molar refractivity (Wildman–Crippen MR) is 121 cm³/mol. The topological polar surface area (TPSA) is 64.8 Å². The Labute approximate surface area is 178 Å². The van der Waals surface area contributed by atoms with Gasteiger partial charge in [-0.15, -0.1) is 0 Å². The van der Waals surface area contributed by atoms with Crippen molar-refractivity contribution < 1.29 is 4.79 Å². The molecule has 4 aromatic rings. The molecule has 0 bridgehead atoms. The Morgan fingerprint density at radius 2 is 1.80 bits per heavy atom. The quantitative estimate of drug-likeness (QED) is 0.261. The summed E-state index contributed by atoms with van der Waals surface area (Å²) in [6, 6.07) is 18.6. The highest BCUT2D eigenvalue weighted by atomic mass is 32.2. The van der Waals surface area contributed by atoms with Crippen molar-refractivity contribution >= 4 is 28.4 Å². The zero-order chi connectivity index (χ0) is 21.1. The van der Waals surface area contributed by atoms with Crippen molar-refractivity contribution in [2.45, 2.75) is 25.4 Å². The lowest BCUT2D eigenvalue weighted by Gasteiger charge is -2.12. The SMILES string of the molecule is CCc1ccc(C(=O)CSc2nc3ccccc3c(=O)n2-c2ccc(C)cn2)cc1. The van der Waals surface area contributed by atoms with Gasteiger partial charge in [0.25, 0.3) is 5.56 Å². The first-order chi connectivity index (χ1) is 14.6. The van der Waals surface area contributed by atoms with Gasteiger partial charge in [0.15, 0.2) is 10.9 Å². The number of Topliss-reactive ketones (excluding diaryl/α,β-unsaturated/α-hetero) is 1. The molecule has 0 aliphatic carbocycles. The minimum Gasteiger partial charge on any atom is -0.293 e. The van der Waals surface area contributed by atoms with Gasteiger partial charge in [-0.05, 0) is 42.7 Å². The van der Waals surface area contributed by atoms with E-state index in [9.17, 15) is 9.59 Å². The molecule has 0 unspecified atom stereocenters. The van der Waals surface area contributed by atoms with Crippen molar-refractivity contribution in [3.05, 3.63) is 93.9 Å². The van der Waals surface area contributed by atoms with E-state index in [1.807, 2.05) is 49.4 Å². The number of para-hydroxylation sites is 1. The third kappa shape index (κ3) is 4.04. The number of carbonyl (C=O) groups excluding carboxylic acids is 1. The van der Waals surface area contributed by atoms with Crippen LogP contribution in [0.25, 0.3) is 16.7 Å². The van der Waals surface area contributed by atoms with Crippen molar-refractivity contribution in [2.24, 2.45) is 0 Å². The van der Waals surface area contributed by atoms with Crippen LogP contribution in [0.5, 0.6) is 0 Å². The van der Waals surface area contributed by atoms with Crippen molar-refractivity contribution in [3.63, 3.8) is 0 Å². The highest BCUT2D eigenvalue weighted by molar-refractivity contribution is 7.99. The number of hydrogen-bond acceptors (Lipinski definition) is 5. The van der Waals surface area contributed by atoms with Gasteiger partial charge in [-0.2, -0.15) is 0 Å². The van der Waals surface area contributed by atoms with E-state index in [0.717, 1.165) is 12.0 Å². The van der Waals surface area contributed by atoms with Crippen molar-refractivity contribution in [1.82, 2.24) is 14.5 Å². The maximum absolute atomic E-state index is 13.2. The minimum atomic E-state index is -0.195. The van der Waals surface area contributed by atoms with Gasteiger partial charge in [-0.1, -0.05) is 61.2 Å². The van der Waals surface area contributed by atoms with Gasteiger partial charge in [-0.25, -0.2) is 14.5 Å². The summed E-state index contributed by atoms with van der Waals surface area (Å²) in [5.74, 6) is 0.668. The Bertz CT molecular complexity index is 1260. The normalized spacial score (nSPS) is 11.0. The number of aryl methyl sites for hydroxylation is 2. The molecule has 0 radical (unpaired) electrons. The second-order valence-electron chi connectivity index (χ2n) is 7.01. The monoisotopic (exact) mass is 415 g/mol. The molecule has 0 aliphatic heterocycles. The van der Waals surface area contributed by atoms with Crippen LogP contribution in [-0.2, 0) is 6.42 Å². The largest absolute Gasteiger partial charge is 0.293 e. The van der Waals surface area contributed by atoms with Crippen molar-refractivity contribution in [3.8, 4) is 5.82 Å². The summed E-state index contributed by atoms with van der Waals surface area (Å²) < 4.78 is 1.49. The smallest absolute Gasteiger partial charge is 0.267 e. The van der Waals surface area contributed by atoms with Gasteiger partial charge < -0.3 is 0 Å². The van der Waals surface area contributed by atoms with Crippen LogP contribution in [0, 0.1) is 6.92 Å². The fourth-order valence-corrected chi connectivity index (χ4v) is 4.04. The molecular weight excluding hydrogens is 394 g/mol. The van der Waals surface area contributed by atoms with Crippen molar-refractivity contribution in [1.29, 1.82) is 0 Å². The number of hydrogen-bond donors (Lipinski definition) is 0. The van der Waals surface area contributed by atoms with E-state index in [0.29, 0.717) is 27.4 Å². The molecule has 2 aromatic carbocycles. The van der Waals surface area contributed by atoms with E-state index in [1.54, 1.807) is 24.4 Å². The average Bonchev–Trinajstić information content (AvgIpc) is 2.78. The van der Waals surface area contributed by atoms with Crippen LogP contribution in [0.15, 0.2) is 76.8 Å². The second kappa shape index (κ2) is 8.63. The van der Waals surface area contributed by atoms with E-state index in [1.165, 1.54) is 21.9 Å². The van der Waals surface area contributed by atoms with E-state index in [4.69, 9.17) is 0 Å². The third-order valence-electron chi connectivity index (χ3n) is 4.89. The molecule has 5 nitrogen and oxygen atoms in total. The maximum atomic E-state index is 13.2. The summed E-state index contributed by atoms with van der Waals surface area (Å²) in [6.45, 7) is 4.02. The molecule has 0 aliphatic rings. The van der Waals surface area contributed by atoms with Crippen molar-refractivity contribution in [2.75, 3.05) is 5.75 Å². The molecule has 2 heterocycles. The summed E-state index contributed by atoms with van der Waals surface area (Å²) in [5, 5.41) is 0.972. The molecule has 0 saturated carbocycles. The zero-order valence-corrected chi connectivity index (χ0v) is 17.6. The molecule has 150 valence electrons. The lowest BCUT2D eigenvalue weighted by Crippen LogP contribution is -2.23. The fourth-order valence-electron chi connectivity index (χ4n) is 3.14. The maximum Gasteiger partial charge on any atom is 0.267 e. The number of thioether (sulfide) groups is 1. The first-order valence-corrected chi connectivity index (χ1v) is 10.7. The molecule has 6 heteroatoms. The molecule has 0 spiro atoms. The van der Waals surface area contributed by atoms with Crippen LogP contribution in [0.2, 0.25) is 0 Å². The van der Waals surface area contributed by atoms with Gasteiger partial charge in [0.2, 0.25) is 0 Å². The lowest BCUT2D eigenvalue weighted by molar-refractivity contribution is 0.102. The lowest BCUT2D eigenvalue weighted by atomic mass is 10.1. The van der Waals surface area contributed by atoms with E-state index in [-0.39, 0.29) is 17.1 Å². The molecule has 0 amide bonds. The Kier molecular flexibility index (Phi) is 5.77. The van der Waals surface area contributed by atoms with Gasteiger partial charge in [0, 0.05) is 11.8 Å². The molecule has 4 rings (SSSR count). The summed E-state index contributed by atoms with van der Waals surface area (Å²) in [6.07, 6.45) is 2.64. The molecular formula is C24H21N3O2S. The summed E-state index contributed by atoms with van der Waals surface area (Å²) in [5.41, 5.74) is 3.25. The number of rotatable bonds is 6. The van der Waals surface area contributed by atoms with Crippen LogP contribution in [0.3, 0.4) is 0 Å². The Morgan fingerprint density at radius 3 is 2.50 bits per heavy atom. The van der Waals surface area contributed by atoms with Crippen LogP contribution in [0.4, 0.5) is 0 Å². The van der Waals surface area contributed by atoms with E-state index in [2.05, 4.69) is 16.9 Å². The van der Waals surface area contributed by atoms with Gasteiger partial charge in [0.05, 0.1) is 16.7 Å². The van der Waals surface area contributed by atoms with Gasteiger partial charge >= 0.3 is 0 Å². The number of ketones is 1. The molecule has 0 saturated heterocycles. The average molecular weight is 416 g/mol. The minimum absolute atomic E-state index is 0.00604. The van der Waals surface area contributed by atoms with Gasteiger partial charge in [0.1, 0.15) is 5.82 Å². The van der Waals surface area contributed by atoms with Crippen LogP contribution in [0.1, 0.15) is 28.4 Å². The summed E-state index contributed by atoms with van der Waals surface area (Å²) in [4.78, 5) is 35.0. The molecule has 0 fully saturated rings. The molecule has 2 aromatic heterocycles. The van der Waals surface area contributed by atoms with E-state index >= 15 is 0 Å². The second-order valence-corrected chi connectivity index (χ2v) is 7.95. The number of fused-ring (bicyclic) bond motifs is 1. The molecule has 0 atom stereocenters. The summed E-state index contributed by atoms with van der Waals surface area (Å²) in [7, 11) is 0. The van der Waals surface area contributed by atoms with Gasteiger partial charge in [-0.3, -0.25) is 9.59 Å². The van der Waals surface area contributed by atoms with Crippen LogP contribution >= 0.6 is 11.8 Å². The number of nitrogens with zero attached hydrogens (tertiary/aromatic N) is 3. The zero-order valence-electron chi connectivity index (χ0n) is 16.8. The summed E-state index contributed by atoms with van der Waals surface area (Å²) >= 11 is 1.25. The molecule has 0 N–H and O–H groups in total. The van der Waals surface area contributed by atoms with Crippen LogP contribution < -0.4 is 5.56 Å². The predicted octanol–water partition coefficient (Wildman–Crippen LogP) is 4.63. The first-order valence-electron chi connectivity index (χ1n) is 9.76. The number of aromatic nitrogens is 3. The molecule has 30 heavy (non-hydrogen) atoms. The van der Waals surface area contributed by atoms with E-state index < -0.39 is 0 Å². The fraction of sp³-hybridized carbons (Fsp3) is 0.167. The first kappa shape index (κ1) is 20.0. The Morgan fingerprint density at radius 1 is 1.03 bits per heavy atom. The third-order valence-corrected chi connectivity index (χ3v) is 5.82. The Balaban J connectivity index is 1.71. The number of benzene rings is 2. The highest BCUT2D eigenvalue weighted by Gasteiger charge is 2.16. The standard InChI is InChI=1S/C24H21N3O2S/c1-3-17-9-11-18(12-10-17)21(28)15-30-24-26-20-7-5-4-6-19(20)23(29)27(24)22-13-8-16(2)14-25-22/h4-14H,3,15H2,1-2H3. The Hall–Kier alpha value is -3.25. The van der Waals surface area contributed by atoms with Crippen LogP contribution in [-0.4, -0.2) is 26.1 Å². The number of pyridine rings is 1. The highest BCUT2D eigenvalue weighted by Crippen LogP contribution is 2.22.